The minimum absolute atomic E-state index is 0.216. The molecule has 1 aromatic carbocycles. The smallest absolute Gasteiger partial charge is 0.171 e. The van der Waals surface area contributed by atoms with Gasteiger partial charge < -0.3 is 15.5 Å². The topological polar surface area (TPSA) is 27.3 Å². The zero-order chi connectivity index (χ0) is 12.8. The van der Waals surface area contributed by atoms with Crippen molar-refractivity contribution in [3.8, 4) is 0 Å². The lowest BCUT2D eigenvalue weighted by molar-refractivity contribution is 0.181. The molecular formula is C15H17N3S. The van der Waals surface area contributed by atoms with E-state index >= 15 is 0 Å². The number of allylic oxidation sites excluding steroid dienone is 1. The maximum atomic E-state index is 5.39. The first kappa shape index (κ1) is 11.3. The van der Waals surface area contributed by atoms with Gasteiger partial charge in [-0.3, -0.25) is 0 Å². The number of fused-ring (bicyclic) bond motifs is 2. The summed E-state index contributed by atoms with van der Waals surface area (Å²) in [7, 11) is 0. The van der Waals surface area contributed by atoms with Gasteiger partial charge in [-0.25, -0.2) is 0 Å². The fraction of sp³-hybridized carbons (Fsp3) is 0.400. The largest absolute Gasteiger partial charge is 0.371 e. The summed E-state index contributed by atoms with van der Waals surface area (Å²) in [6.45, 7) is 2.37. The summed E-state index contributed by atoms with van der Waals surface area (Å²) < 4.78 is 0. The van der Waals surface area contributed by atoms with Gasteiger partial charge in [-0.05, 0) is 30.6 Å². The predicted molar refractivity (Wildman–Crippen MR) is 79.4 cm³/mol. The lowest BCUT2D eigenvalue weighted by atomic mass is 9.83. The third-order valence-electron chi connectivity index (χ3n) is 4.45. The van der Waals surface area contributed by atoms with Gasteiger partial charge in [0, 0.05) is 24.7 Å². The quantitative estimate of drug-likeness (QED) is 0.765. The van der Waals surface area contributed by atoms with Crippen LogP contribution in [0.15, 0.2) is 41.7 Å². The molecule has 5 rings (SSSR count). The molecule has 98 valence electrons. The first-order chi connectivity index (χ1) is 9.33. The number of nitrogens with one attached hydrogen (secondary N) is 2. The molecule has 1 aromatic rings. The molecule has 0 amide bonds. The Labute approximate surface area is 118 Å². The fourth-order valence-corrected chi connectivity index (χ4v) is 3.77. The van der Waals surface area contributed by atoms with Crippen LogP contribution in [0.5, 0.6) is 0 Å². The number of hydrogen-bond acceptors (Lipinski definition) is 2. The van der Waals surface area contributed by atoms with Crippen LogP contribution in [-0.4, -0.2) is 23.1 Å². The van der Waals surface area contributed by atoms with Gasteiger partial charge >= 0.3 is 0 Å². The second-order valence-corrected chi connectivity index (χ2v) is 5.91. The highest BCUT2D eigenvalue weighted by Gasteiger charge is 2.40. The first-order valence-electron chi connectivity index (χ1n) is 6.94. The Bertz CT molecular complexity index is 544. The molecule has 0 spiro atoms. The van der Waals surface area contributed by atoms with Crippen LogP contribution in [0.25, 0.3) is 0 Å². The number of rotatable bonds is 1. The minimum atomic E-state index is 0.216. The Morgan fingerprint density at radius 2 is 1.84 bits per heavy atom. The second kappa shape index (κ2) is 4.23. The van der Waals surface area contributed by atoms with Crippen LogP contribution < -0.4 is 10.6 Å². The normalized spacial score (nSPS) is 26.0. The number of nitrogens with zero attached hydrogens (tertiary/aromatic N) is 1. The maximum absolute atomic E-state index is 5.39. The van der Waals surface area contributed by atoms with Gasteiger partial charge in [-0.15, -0.1) is 0 Å². The molecule has 0 aromatic heterocycles. The average Bonchev–Trinajstić information content (AvgIpc) is 2.48. The zero-order valence-electron chi connectivity index (χ0n) is 10.7. The maximum Gasteiger partial charge on any atom is 0.171 e. The Morgan fingerprint density at radius 1 is 1.11 bits per heavy atom. The van der Waals surface area contributed by atoms with Crippen LogP contribution in [0.4, 0.5) is 0 Å². The van der Waals surface area contributed by atoms with Gasteiger partial charge in [0.1, 0.15) is 0 Å². The molecule has 4 aliphatic rings. The number of thiocarbonyl (C=S) groups is 1. The molecule has 0 aliphatic carbocycles. The molecule has 19 heavy (non-hydrogen) atoms. The predicted octanol–water partition coefficient (Wildman–Crippen LogP) is 2.14. The molecule has 0 saturated carbocycles. The van der Waals surface area contributed by atoms with Crippen molar-refractivity contribution < 1.29 is 0 Å². The second-order valence-electron chi connectivity index (χ2n) is 5.50. The van der Waals surface area contributed by atoms with Crippen molar-refractivity contribution in [1.82, 2.24) is 15.5 Å². The van der Waals surface area contributed by atoms with Crippen LogP contribution in [0, 0.1) is 5.92 Å². The van der Waals surface area contributed by atoms with E-state index in [9.17, 15) is 0 Å². The van der Waals surface area contributed by atoms with Crippen LogP contribution >= 0.6 is 12.2 Å². The van der Waals surface area contributed by atoms with Crippen molar-refractivity contribution in [2.75, 3.05) is 13.1 Å². The molecule has 4 heteroatoms. The van der Waals surface area contributed by atoms with Crippen molar-refractivity contribution in [3.05, 3.63) is 47.3 Å². The van der Waals surface area contributed by atoms with Crippen LogP contribution in [-0.2, 0) is 0 Å². The molecule has 3 nitrogen and oxygen atoms in total. The molecule has 4 aliphatic heterocycles. The molecule has 2 bridgehead atoms. The third-order valence-corrected chi connectivity index (χ3v) is 4.67. The van der Waals surface area contributed by atoms with E-state index in [0.29, 0.717) is 5.92 Å². The number of benzene rings is 1. The Hall–Kier alpha value is -1.55. The first-order valence-corrected chi connectivity index (χ1v) is 7.35. The fourth-order valence-electron chi connectivity index (χ4n) is 3.54. The average molecular weight is 271 g/mol. The summed E-state index contributed by atoms with van der Waals surface area (Å²) >= 11 is 5.39. The zero-order valence-corrected chi connectivity index (χ0v) is 11.5. The van der Waals surface area contributed by atoms with Gasteiger partial charge in [0.05, 0.1) is 11.7 Å². The Balaban J connectivity index is 1.82. The molecule has 0 radical (unpaired) electrons. The van der Waals surface area contributed by atoms with E-state index in [1.165, 1.54) is 42.9 Å². The van der Waals surface area contributed by atoms with Crippen LogP contribution in [0.1, 0.15) is 24.4 Å². The number of piperidine rings is 1. The lowest BCUT2D eigenvalue weighted by Gasteiger charge is -2.49. The SMILES string of the molecule is S=C1NC2=C(C(c3ccccc3)N1)N1CCC2CC1. The van der Waals surface area contributed by atoms with E-state index in [-0.39, 0.29) is 6.04 Å². The highest BCUT2D eigenvalue weighted by atomic mass is 32.1. The van der Waals surface area contributed by atoms with Crippen molar-refractivity contribution >= 4 is 17.3 Å². The van der Waals surface area contributed by atoms with Crippen LogP contribution in [0.2, 0.25) is 0 Å². The van der Waals surface area contributed by atoms with Crippen molar-refractivity contribution in [1.29, 1.82) is 0 Å². The number of hydrogen-bond donors (Lipinski definition) is 2. The van der Waals surface area contributed by atoms with E-state index in [0.717, 1.165) is 5.11 Å². The van der Waals surface area contributed by atoms with Crippen molar-refractivity contribution in [2.45, 2.75) is 18.9 Å². The van der Waals surface area contributed by atoms with Crippen LogP contribution in [0.3, 0.4) is 0 Å². The van der Waals surface area contributed by atoms with E-state index in [1.54, 1.807) is 0 Å². The minimum Gasteiger partial charge on any atom is -0.371 e. The molecule has 4 heterocycles. The van der Waals surface area contributed by atoms with Crippen molar-refractivity contribution in [3.63, 3.8) is 0 Å². The van der Waals surface area contributed by atoms with E-state index < -0.39 is 0 Å². The lowest BCUT2D eigenvalue weighted by Crippen LogP contribution is -2.55. The van der Waals surface area contributed by atoms with Gasteiger partial charge in [0.15, 0.2) is 5.11 Å². The summed E-state index contributed by atoms with van der Waals surface area (Å²) in [5, 5.41) is 7.61. The molecule has 1 fully saturated rings. The summed E-state index contributed by atoms with van der Waals surface area (Å²) in [5.41, 5.74) is 4.09. The van der Waals surface area contributed by atoms with E-state index in [2.05, 4.69) is 45.9 Å². The van der Waals surface area contributed by atoms with Gasteiger partial charge in [0.25, 0.3) is 0 Å². The summed E-state index contributed by atoms with van der Waals surface area (Å²) in [5.74, 6) is 0.672. The van der Waals surface area contributed by atoms with Crippen molar-refractivity contribution in [2.24, 2.45) is 5.92 Å². The summed E-state index contributed by atoms with van der Waals surface area (Å²) in [6.07, 6.45) is 2.52. The van der Waals surface area contributed by atoms with Gasteiger partial charge in [-0.2, -0.15) is 0 Å². The van der Waals surface area contributed by atoms with E-state index in [1.807, 2.05) is 0 Å². The highest BCUT2D eigenvalue weighted by Crippen LogP contribution is 2.41. The Kier molecular flexibility index (Phi) is 2.52. The highest BCUT2D eigenvalue weighted by molar-refractivity contribution is 7.80. The van der Waals surface area contributed by atoms with Gasteiger partial charge in [0.2, 0.25) is 0 Å². The third kappa shape index (κ3) is 1.74. The molecule has 1 saturated heterocycles. The molecule has 1 atom stereocenters. The van der Waals surface area contributed by atoms with Gasteiger partial charge in [-0.1, -0.05) is 30.3 Å². The molecular weight excluding hydrogens is 254 g/mol. The summed E-state index contributed by atoms with van der Waals surface area (Å²) in [6, 6.07) is 10.8. The molecule has 2 N–H and O–H groups in total. The standard InChI is InChI=1S/C15H17N3S/c19-15-16-12(10-4-2-1-3-5-10)14-13(17-15)11-6-8-18(14)9-7-11/h1-5,11-12H,6-9H2,(H2,16,17,19). The van der Waals surface area contributed by atoms with E-state index in [4.69, 9.17) is 12.2 Å². The Morgan fingerprint density at radius 3 is 2.58 bits per heavy atom. The monoisotopic (exact) mass is 271 g/mol. The summed E-state index contributed by atoms with van der Waals surface area (Å²) in [4.78, 5) is 2.52. The molecule has 1 unspecified atom stereocenters.